The molecule has 1 rings (SSSR count). The maximum Gasteiger partial charge on any atom is 0.337 e. The summed E-state index contributed by atoms with van der Waals surface area (Å²) < 4.78 is 0. The average molecular weight is 264 g/mol. The molecule has 1 aromatic rings. The predicted octanol–water partition coefficient (Wildman–Crippen LogP) is 3.24. The maximum absolute atomic E-state index is 10.8. The third-order valence-corrected chi connectivity index (χ3v) is 2.72. The van der Waals surface area contributed by atoms with E-state index >= 15 is 0 Å². The molecule has 1 N–H and O–H groups in total. The molecular formula is C9H8BrClO2. The maximum atomic E-state index is 10.8. The number of aryl methyl sites for hydroxylation is 1. The summed E-state index contributed by atoms with van der Waals surface area (Å²) in [5.41, 5.74) is 1.86. The summed E-state index contributed by atoms with van der Waals surface area (Å²) in [6.45, 7) is 1.86. The van der Waals surface area contributed by atoms with Crippen LogP contribution in [0.25, 0.3) is 0 Å². The molecule has 0 fully saturated rings. The van der Waals surface area contributed by atoms with Gasteiger partial charge in [0.1, 0.15) is 0 Å². The van der Waals surface area contributed by atoms with Gasteiger partial charge in [0, 0.05) is 5.33 Å². The van der Waals surface area contributed by atoms with Crippen molar-refractivity contribution in [2.75, 3.05) is 0 Å². The minimum absolute atomic E-state index is 0.193. The summed E-state index contributed by atoms with van der Waals surface area (Å²) in [4.78, 5) is 10.8. The Bertz CT molecular complexity index is 350. The van der Waals surface area contributed by atoms with E-state index in [2.05, 4.69) is 15.9 Å². The fourth-order valence-corrected chi connectivity index (χ4v) is 2.11. The lowest BCUT2D eigenvalue weighted by Gasteiger charge is -2.07. The summed E-state index contributed by atoms with van der Waals surface area (Å²) in [6, 6.07) is 3.41. The molecule has 0 heterocycles. The van der Waals surface area contributed by atoms with Crippen molar-refractivity contribution in [2.45, 2.75) is 12.3 Å². The van der Waals surface area contributed by atoms with Crippen molar-refractivity contribution in [3.05, 3.63) is 33.8 Å². The van der Waals surface area contributed by atoms with Crippen molar-refractivity contribution in [3.8, 4) is 0 Å². The van der Waals surface area contributed by atoms with Gasteiger partial charge in [0.2, 0.25) is 0 Å². The number of carboxylic acid groups (broad SMARTS) is 1. The molecule has 0 spiro atoms. The van der Waals surface area contributed by atoms with Crippen LogP contribution >= 0.6 is 27.5 Å². The Labute approximate surface area is 89.7 Å². The Morgan fingerprint density at radius 2 is 2.23 bits per heavy atom. The highest BCUT2D eigenvalue weighted by Crippen LogP contribution is 2.25. The molecular weight excluding hydrogens is 255 g/mol. The van der Waals surface area contributed by atoms with Crippen LogP contribution < -0.4 is 0 Å². The number of rotatable bonds is 2. The molecule has 2 nitrogen and oxygen atoms in total. The number of carbonyl (C=O) groups is 1. The lowest BCUT2D eigenvalue weighted by atomic mass is 10.0. The van der Waals surface area contributed by atoms with E-state index in [-0.39, 0.29) is 10.6 Å². The number of aromatic carboxylic acids is 1. The highest BCUT2D eigenvalue weighted by atomic mass is 79.9. The van der Waals surface area contributed by atoms with Gasteiger partial charge in [-0.15, -0.1) is 0 Å². The first-order valence-corrected chi connectivity index (χ1v) is 5.15. The van der Waals surface area contributed by atoms with Crippen molar-refractivity contribution in [2.24, 2.45) is 0 Å². The van der Waals surface area contributed by atoms with Crippen LogP contribution in [0, 0.1) is 6.92 Å². The van der Waals surface area contributed by atoms with E-state index in [1.807, 2.05) is 13.0 Å². The van der Waals surface area contributed by atoms with Gasteiger partial charge in [0.15, 0.2) is 0 Å². The van der Waals surface area contributed by atoms with Gasteiger partial charge in [-0.1, -0.05) is 33.6 Å². The van der Waals surface area contributed by atoms with E-state index in [1.165, 1.54) is 0 Å². The Balaban J connectivity index is 3.43. The van der Waals surface area contributed by atoms with Crippen LogP contribution in [0.1, 0.15) is 21.5 Å². The summed E-state index contributed by atoms with van der Waals surface area (Å²) in [5.74, 6) is -0.983. The third-order valence-electron chi connectivity index (χ3n) is 1.84. The topological polar surface area (TPSA) is 37.3 Å². The molecule has 0 saturated heterocycles. The van der Waals surface area contributed by atoms with Gasteiger partial charge in [0.25, 0.3) is 0 Å². The lowest BCUT2D eigenvalue weighted by Crippen LogP contribution is -2.04. The van der Waals surface area contributed by atoms with E-state index in [0.717, 1.165) is 11.1 Å². The van der Waals surface area contributed by atoms with E-state index in [1.54, 1.807) is 6.07 Å². The molecule has 0 amide bonds. The molecule has 4 heteroatoms. The highest BCUT2D eigenvalue weighted by Gasteiger charge is 2.15. The number of hydrogen-bond donors (Lipinski definition) is 1. The number of halogens is 2. The Kier molecular flexibility index (Phi) is 3.33. The SMILES string of the molecule is Cc1ccc(Cl)c(C(=O)O)c1CBr. The van der Waals surface area contributed by atoms with Gasteiger partial charge < -0.3 is 5.11 Å². The van der Waals surface area contributed by atoms with Crippen molar-refractivity contribution >= 4 is 33.5 Å². The average Bonchev–Trinajstić information content (AvgIpc) is 2.07. The molecule has 1 aromatic carbocycles. The first-order chi connectivity index (χ1) is 6.07. The molecule has 0 bridgehead atoms. The van der Waals surface area contributed by atoms with Gasteiger partial charge in [-0.3, -0.25) is 0 Å². The Morgan fingerprint density at radius 3 is 2.62 bits per heavy atom. The first-order valence-electron chi connectivity index (χ1n) is 3.65. The second-order valence-electron chi connectivity index (χ2n) is 2.66. The van der Waals surface area contributed by atoms with Crippen LogP contribution in [-0.4, -0.2) is 11.1 Å². The van der Waals surface area contributed by atoms with Crippen LogP contribution in [0.2, 0.25) is 5.02 Å². The number of hydrogen-bond acceptors (Lipinski definition) is 1. The summed E-state index contributed by atoms with van der Waals surface area (Å²) in [6.07, 6.45) is 0. The molecule has 70 valence electrons. The van der Waals surface area contributed by atoms with Gasteiger partial charge in [-0.2, -0.15) is 0 Å². The van der Waals surface area contributed by atoms with Crippen LogP contribution in [0.3, 0.4) is 0 Å². The second kappa shape index (κ2) is 4.11. The Hall–Kier alpha value is -0.540. The lowest BCUT2D eigenvalue weighted by molar-refractivity contribution is 0.0696. The fourth-order valence-electron chi connectivity index (χ4n) is 1.13. The van der Waals surface area contributed by atoms with Gasteiger partial charge in [-0.05, 0) is 24.1 Å². The molecule has 0 aromatic heterocycles. The van der Waals surface area contributed by atoms with Crippen LogP contribution in [0.4, 0.5) is 0 Å². The number of carboxylic acids is 1. The number of benzene rings is 1. The van der Waals surface area contributed by atoms with Crippen LogP contribution in [0.15, 0.2) is 12.1 Å². The molecule has 0 radical (unpaired) electrons. The van der Waals surface area contributed by atoms with Gasteiger partial charge >= 0.3 is 5.97 Å². The van der Waals surface area contributed by atoms with E-state index in [9.17, 15) is 4.79 Å². The largest absolute Gasteiger partial charge is 0.478 e. The predicted molar refractivity (Wildman–Crippen MR) is 55.8 cm³/mol. The summed E-state index contributed by atoms with van der Waals surface area (Å²) >= 11 is 9.01. The van der Waals surface area contributed by atoms with E-state index in [4.69, 9.17) is 16.7 Å². The monoisotopic (exact) mass is 262 g/mol. The van der Waals surface area contributed by atoms with E-state index in [0.29, 0.717) is 5.33 Å². The van der Waals surface area contributed by atoms with Crippen molar-refractivity contribution in [1.82, 2.24) is 0 Å². The molecule has 0 atom stereocenters. The zero-order valence-electron chi connectivity index (χ0n) is 6.97. The normalized spacial score (nSPS) is 10.1. The highest BCUT2D eigenvalue weighted by molar-refractivity contribution is 9.08. The summed E-state index contributed by atoms with van der Waals surface area (Å²) in [7, 11) is 0. The molecule has 0 saturated carbocycles. The van der Waals surface area contributed by atoms with Crippen LogP contribution in [-0.2, 0) is 5.33 Å². The smallest absolute Gasteiger partial charge is 0.337 e. The second-order valence-corrected chi connectivity index (χ2v) is 3.62. The summed E-state index contributed by atoms with van der Waals surface area (Å²) in [5, 5.41) is 9.68. The number of alkyl halides is 1. The minimum atomic E-state index is -0.983. The van der Waals surface area contributed by atoms with Crippen molar-refractivity contribution in [1.29, 1.82) is 0 Å². The zero-order valence-corrected chi connectivity index (χ0v) is 9.32. The standard InChI is InChI=1S/C9H8BrClO2/c1-5-2-3-7(11)8(9(12)13)6(5)4-10/h2-3H,4H2,1H3,(H,12,13). The molecule has 13 heavy (non-hydrogen) atoms. The third kappa shape index (κ3) is 2.03. The molecule has 0 aliphatic carbocycles. The van der Waals surface area contributed by atoms with E-state index < -0.39 is 5.97 Å². The minimum Gasteiger partial charge on any atom is -0.478 e. The molecule has 0 aliphatic heterocycles. The van der Waals surface area contributed by atoms with Gasteiger partial charge in [0.05, 0.1) is 10.6 Å². The fraction of sp³-hybridized carbons (Fsp3) is 0.222. The van der Waals surface area contributed by atoms with Crippen molar-refractivity contribution in [3.63, 3.8) is 0 Å². The Morgan fingerprint density at radius 1 is 1.62 bits per heavy atom. The molecule has 0 unspecified atom stereocenters. The molecule has 0 aliphatic rings. The van der Waals surface area contributed by atoms with Crippen LogP contribution in [0.5, 0.6) is 0 Å². The van der Waals surface area contributed by atoms with Crippen molar-refractivity contribution < 1.29 is 9.90 Å². The quantitative estimate of drug-likeness (QED) is 0.832. The van der Waals surface area contributed by atoms with Gasteiger partial charge in [-0.25, -0.2) is 4.79 Å². The zero-order chi connectivity index (χ0) is 10.0. The first kappa shape index (κ1) is 10.5.